The Morgan fingerprint density at radius 1 is 1.35 bits per heavy atom. The number of nitrogens with zero attached hydrogens (tertiary/aromatic N) is 1. The molecule has 26 heavy (non-hydrogen) atoms. The predicted molar refractivity (Wildman–Crippen MR) is 97.7 cm³/mol. The van der Waals surface area contributed by atoms with E-state index in [0.29, 0.717) is 37.3 Å². The first kappa shape index (κ1) is 20.4. The molecule has 2 aromatic rings. The summed E-state index contributed by atoms with van der Waals surface area (Å²) in [4.78, 5) is 16.8. The van der Waals surface area contributed by atoms with Crippen molar-refractivity contribution in [3.8, 4) is 11.5 Å². The maximum absolute atomic E-state index is 13.0. The number of oxazole rings is 1. The van der Waals surface area contributed by atoms with Gasteiger partial charge in [-0.1, -0.05) is 0 Å². The van der Waals surface area contributed by atoms with Gasteiger partial charge in [0.15, 0.2) is 0 Å². The largest absolute Gasteiger partial charge is 0.444 e. The van der Waals surface area contributed by atoms with Gasteiger partial charge >= 0.3 is 0 Å². The van der Waals surface area contributed by atoms with E-state index >= 15 is 0 Å². The van der Waals surface area contributed by atoms with Crippen LogP contribution in [0.15, 0.2) is 34.9 Å². The van der Waals surface area contributed by atoms with Gasteiger partial charge < -0.3 is 19.8 Å². The van der Waals surface area contributed by atoms with Crippen molar-refractivity contribution >= 4 is 18.3 Å². The topological polar surface area (TPSA) is 76.4 Å². The molecule has 1 aromatic carbocycles. The summed E-state index contributed by atoms with van der Waals surface area (Å²) < 4.78 is 23.9. The fourth-order valence-corrected chi connectivity index (χ4v) is 2.97. The molecule has 142 valence electrons. The Morgan fingerprint density at radius 3 is 2.69 bits per heavy atom. The van der Waals surface area contributed by atoms with Crippen LogP contribution in [0.3, 0.4) is 0 Å². The minimum absolute atomic E-state index is 0. The predicted octanol–water partition coefficient (Wildman–Crippen LogP) is 2.33. The molecule has 3 rings (SSSR count). The summed E-state index contributed by atoms with van der Waals surface area (Å²) in [5, 5.41) is 6.15. The number of amides is 1. The standard InChI is InChI=1S/C18H22FN3O3.ClH/c1-24-18(7-10-20-11-8-18)17(23)21-9-6-15-12-25-16(22-15)13-2-4-14(19)5-3-13;/h2-5,12,20H,6-11H2,1H3,(H,21,23);1H. The Hall–Kier alpha value is -1.96. The Morgan fingerprint density at radius 2 is 2.04 bits per heavy atom. The summed E-state index contributed by atoms with van der Waals surface area (Å²) >= 11 is 0. The first-order chi connectivity index (χ1) is 12.1. The zero-order valence-electron chi connectivity index (χ0n) is 14.6. The molecule has 1 saturated heterocycles. The lowest BCUT2D eigenvalue weighted by Crippen LogP contribution is -2.54. The van der Waals surface area contributed by atoms with E-state index in [2.05, 4.69) is 15.6 Å². The van der Waals surface area contributed by atoms with Crippen LogP contribution in [-0.4, -0.2) is 43.2 Å². The Labute approximate surface area is 157 Å². The Balaban J connectivity index is 0.00000243. The van der Waals surface area contributed by atoms with E-state index in [9.17, 15) is 9.18 Å². The number of halogens is 2. The quantitative estimate of drug-likeness (QED) is 0.800. The SMILES string of the molecule is COC1(C(=O)NCCc2coc(-c3ccc(F)cc3)n2)CCNCC1.Cl. The third-order valence-electron chi connectivity index (χ3n) is 4.53. The van der Waals surface area contributed by atoms with Crippen molar-refractivity contribution in [1.82, 2.24) is 15.6 Å². The highest BCUT2D eigenvalue weighted by Gasteiger charge is 2.39. The van der Waals surface area contributed by atoms with Crippen LogP contribution in [0.25, 0.3) is 11.5 Å². The number of rotatable bonds is 6. The fraction of sp³-hybridized carbons (Fsp3) is 0.444. The lowest BCUT2D eigenvalue weighted by molar-refractivity contribution is -0.146. The Bertz CT molecular complexity index is 715. The van der Waals surface area contributed by atoms with Crippen LogP contribution in [0.2, 0.25) is 0 Å². The summed E-state index contributed by atoms with van der Waals surface area (Å²) in [6.45, 7) is 1.99. The van der Waals surface area contributed by atoms with Crippen LogP contribution < -0.4 is 10.6 Å². The molecule has 1 aliphatic rings. The van der Waals surface area contributed by atoms with Crippen molar-refractivity contribution in [2.24, 2.45) is 0 Å². The monoisotopic (exact) mass is 383 g/mol. The van der Waals surface area contributed by atoms with Crippen molar-refractivity contribution in [3.05, 3.63) is 42.0 Å². The summed E-state index contributed by atoms with van der Waals surface area (Å²) in [7, 11) is 1.58. The van der Waals surface area contributed by atoms with Gasteiger partial charge in [0.25, 0.3) is 5.91 Å². The van der Waals surface area contributed by atoms with E-state index in [0.717, 1.165) is 18.8 Å². The number of nitrogens with one attached hydrogen (secondary N) is 2. The molecule has 2 N–H and O–H groups in total. The van der Waals surface area contributed by atoms with E-state index in [4.69, 9.17) is 9.15 Å². The highest BCUT2D eigenvalue weighted by atomic mass is 35.5. The molecule has 1 fully saturated rings. The number of hydrogen-bond acceptors (Lipinski definition) is 5. The molecule has 0 radical (unpaired) electrons. The van der Waals surface area contributed by atoms with Gasteiger partial charge in [-0.15, -0.1) is 12.4 Å². The summed E-state index contributed by atoms with van der Waals surface area (Å²) in [5.41, 5.74) is 0.704. The third-order valence-corrected chi connectivity index (χ3v) is 4.53. The van der Waals surface area contributed by atoms with Crippen molar-refractivity contribution in [3.63, 3.8) is 0 Å². The lowest BCUT2D eigenvalue weighted by Gasteiger charge is -2.34. The minimum Gasteiger partial charge on any atom is -0.444 e. The van der Waals surface area contributed by atoms with Gasteiger partial charge in [-0.25, -0.2) is 9.37 Å². The average molecular weight is 384 g/mol. The van der Waals surface area contributed by atoms with Gasteiger partial charge in [0.1, 0.15) is 17.7 Å². The summed E-state index contributed by atoms with van der Waals surface area (Å²) in [6, 6.07) is 5.96. The molecule has 1 aromatic heterocycles. The molecule has 1 aliphatic heterocycles. The number of benzene rings is 1. The van der Waals surface area contributed by atoms with E-state index in [-0.39, 0.29) is 24.1 Å². The van der Waals surface area contributed by atoms with Gasteiger partial charge in [0.2, 0.25) is 5.89 Å². The molecular formula is C18H23ClFN3O3. The molecule has 0 unspecified atom stereocenters. The van der Waals surface area contributed by atoms with Crippen LogP contribution in [0.5, 0.6) is 0 Å². The fourth-order valence-electron chi connectivity index (χ4n) is 2.97. The van der Waals surface area contributed by atoms with Gasteiger partial charge in [-0.3, -0.25) is 4.79 Å². The van der Waals surface area contributed by atoms with E-state index < -0.39 is 5.60 Å². The minimum atomic E-state index is -0.742. The third kappa shape index (κ3) is 4.60. The van der Waals surface area contributed by atoms with Crippen LogP contribution >= 0.6 is 12.4 Å². The molecule has 0 spiro atoms. The van der Waals surface area contributed by atoms with Gasteiger partial charge in [-0.2, -0.15) is 0 Å². The molecule has 0 bridgehead atoms. The second-order valence-electron chi connectivity index (χ2n) is 6.11. The number of piperidine rings is 1. The number of aromatic nitrogens is 1. The van der Waals surface area contributed by atoms with E-state index in [1.165, 1.54) is 12.1 Å². The highest BCUT2D eigenvalue weighted by Crippen LogP contribution is 2.23. The normalized spacial score (nSPS) is 15.9. The van der Waals surface area contributed by atoms with Crippen molar-refractivity contribution in [1.29, 1.82) is 0 Å². The molecule has 0 saturated carbocycles. The number of hydrogen-bond donors (Lipinski definition) is 2. The molecule has 1 amide bonds. The van der Waals surface area contributed by atoms with Crippen LogP contribution in [0.1, 0.15) is 18.5 Å². The van der Waals surface area contributed by atoms with Gasteiger partial charge in [0.05, 0.1) is 5.69 Å². The maximum Gasteiger partial charge on any atom is 0.252 e. The van der Waals surface area contributed by atoms with Gasteiger partial charge in [-0.05, 0) is 50.2 Å². The van der Waals surface area contributed by atoms with Gasteiger partial charge in [0, 0.05) is 25.6 Å². The van der Waals surface area contributed by atoms with E-state index in [1.807, 2.05) is 0 Å². The summed E-state index contributed by atoms with van der Waals surface area (Å²) in [6.07, 6.45) is 3.43. The van der Waals surface area contributed by atoms with Crippen LogP contribution in [0.4, 0.5) is 4.39 Å². The maximum atomic E-state index is 13.0. The first-order valence-electron chi connectivity index (χ1n) is 8.37. The molecule has 2 heterocycles. The average Bonchev–Trinajstić information content (AvgIpc) is 3.11. The van der Waals surface area contributed by atoms with Crippen LogP contribution in [-0.2, 0) is 16.0 Å². The van der Waals surface area contributed by atoms with Crippen molar-refractivity contribution in [2.45, 2.75) is 24.9 Å². The van der Waals surface area contributed by atoms with Crippen LogP contribution in [0, 0.1) is 5.82 Å². The lowest BCUT2D eigenvalue weighted by atomic mass is 9.91. The zero-order chi connectivity index (χ0) is 17.7. The number of carbonyl (C=O) groups excluding carboxylic acids is 1. The number of ether oxygens (including phenoxy) is 1. The number of methoxy groups -OCH3 is 1. The van der Waals surface area contributed by atoms with E-state index in [1.54, 1.807) is 25.5 Å². The number of carbonyl (C=O) groups is 1. The Kier molecular flexibility index (Phi) is 7.14. The van der Waals surface area contributed by atoms with Crippen molar-refractivity contribution < 1.29 is 18.3 Å². The second-order valence-corrected chi connectivity index (χ2v) is 6.11. The second kappa shape index (κ2) is 9.12. The molecule has 0 aliphatic carbocycles. The zero-order valence-corrected chi connectivity index (χ0v) is 15.4. The molecule has 8 heteroatoms. The first-order valence-corrected chi connectivity index (χ1v) is 8.37. The molecular weight excluding hydrogens is 361 g/mol. The molecule has 6 nitrogen and oxygen atoms in total. The highest BCUT2D eigenvalue weighted by molar-refractivity contribution is 5.85. The van der Waals surface area contributed by atoms with Crippen molar-refractivity contribution in [2.75, 3.05) is 26.7 Å². The summed E-state index contributed by atoms with van der Waals surface area (Å²) in [5.74, 6) is 0.0509. The smallest absolute Gasteiger partial charge is 0.252 e. The molecule has 0 atom stereocenters.